The molecule has 0 aromatic carbocycles. The van der Waals surface area contributed by atoms with E-state index in [-0.39, 0.29) is 0 Å². The van der Waals surface area contributed by atoms with Crippen LogP contribution in [0.5, 0.6) is 0 Å². The highest BCUT2D eigenvalue weighted by Crippen LogP contribution is 2.28. The summed E-state index contributed by atoms with van der Waals surface area (Å²) in [7, 11) is 1.89. The quantitative estimate of drug-likeness (QED) is 0.947. The topological polar surface area (TPSA) is 50.9 Å². The molecule has 0 aliphatic heterocycles. The molecule has 1 unspecified atom stereocenters. The van der Waals surface area contributed by atoms with Crippen LogP contribution in [0.1, 0.15) is 27.4 Å². The van der Waals surface area contributed by atoms with E-state index in [1.807, 2.05) is 20.9 Å². The standard InChI is InChI=1S/C11H14BrN3OS/c1-6-11(12)8(15(3)14-6)4-9(16)10-5-13-7(2)17-10/h5,9,16H,4H2,1-3H3. The van der Waals surface area contributed by atoms with Gasteiger partial charge in [-0.2, -0.15) is 5.10 Å². The molecule has 0 amide bonds. The maximum atomic E-state index is 10.2. The molecule has 0 saturated heterocycles. The fourth-order valence-electron chi connectivity index (χ4n) is 1.72. The molecule has 2 aromatic heterocycles. The molecule has 1 atom stereocenters. The van der Waals surface area contributed by atoms with Gasteiger partial charge < -0.3 is 5.11 Å². The lowest BCUT2D eigenvalue weighted by Crippen LogP contribution is -2.05. The van der Waals surface area contributed by atoms with Crippen molar-refractivity contribution in [2.75, 3.05) is 0 Å². The first-order chi connectivity index (χ1) is 7.99. The molecule has 92 valence electrons. The van der Waals surface area contributed by atoms with Crippen LogP contribution in [0.4, 0.5) is 0 Å². The fourth-order valence-corrected chi connectivity index (χ4v) is 2.99. The van der Waals surface area contributed by atoms with E-state index in [9.17, 15) is 5.11 Å². The predicted molar refractivity (Wildman–Crippen MR) is 71.2 cm³/mol. The third-order valence-corrected chi connectivity index (χ3v) is 4.66. The molecule has 2 aromatic rings. The number of hydrogen-bond donors (Lipinski definition) is 1. The van der Waals surface area contributed by atoms with Crippen LogP contribution in [0, 0.1) is 13.8 Å². The minimum absolute atomic E-state index is 0.521. The second-order valence-electron chi connectivity index (χ2n) is 3.97. The Balaban J connectivity index is 2.21. The van der Waals surface area contributed by atoms with E-state index in [1.165, 1.54) is 11.3 Å². The molecule has 6 heteroatoms. The summed E-state index contributed by atoms with van der Waals surface area (Å²) < 4.78 is 2.77. The monoisotopic (exact) mass is 315 g/mol. The van der Waals surface area contributed by atoms with Crippen LogP contribution in [0.2, 0.25) is 0 Å². The zero-order valence-electron chi connectivity index (χ0n) is 9.94. The number of aliphatic hydroxyl groups is 1. The molecule has 0 aliphatic carbocycles. The van der Waals surface area contributed by atoms with E-state index in [4.69, 9.17) is 0 Å². The van der Waals surface area contributed by atoms with E-state index in [1.54, 1.807) is 10.9 Å². The maximum Gasteiger partial charge on any atom is 0.0953 e. The molecule has 4 nitrogen and oxygen atoms in total. The van der Waals surface area contributed by atoms with Crippen LogP contribution in [-0.2, 0) is 13.5 Å². The summed E-state index contributed by atoms with van der Waals surface area (Å²) in [5.74, 6) is 0. The van der Waals surface area contributed by atoms with Crippen molar-refractivity contribution in [3.63, 3.8) is 0 Å². The number of aryl methyl sites for hydroxylation is 3. The minimum Gasteiger partial charge on any atom is -0.387 e. The Bertz CT molecular complexity index is 535. The van der Waals surface area contributed by atoms with E-state index >= 15 is 0 Å². The molecule has 17 heavy (non-hydrogen) atoms. The summed E-state index contributed by atoms with van der Waals surface area (Å²) in [6, 6.07) is 0. The van der Waals surface area contributed by atoms with Crippen LogP contribution >= 0.6 is 27.3 Å². The highest BCUT2D eigenvalue weighted by Gasteiger charge is 2.17. The van der Waals surface area contributed by atoms with Crippen molar-refractivity contribution in [1.82, 2.24) is 14.8 Å². The Labute approximate surface area is 112 Å². The number of aromatic nitrogens is 3. The fraction of sp³-hybridized carbons (Fsp3) is 0.455. The Hall–Kier alpha value is -0.720. The maximum absolute atomic E-state index is 10.2. The van der Waals surface area contributed by atoms with Crippen LogP contribution < -0.4 is 0 Å². The summed E-state index contributed by atoms with van der Waals surface area (Å²) in [6.07, 6.45) is 1.76. The van der Waals surface area contributed by atoms with Crippen molar-refractivity contribution in [2.24, 2.45) is 7.05 Å². The van der Waals surface area contributed by atoms with E-state index < -0.39 is 6.10 Å². The van der Waals surface area contributed by atoms with Crippen LogP contribution in [-0.4, -0.2) is 19.9 Å². The van der Waals surface area contributed by atoms with Gasteiger partial charge >= 0.3 is 0 Å². The molecule has 0 saturated carbocycles. The van der Waals surface area contributed by atoms with Crippen molar-refractivity contribution < 1.29 is 5.11 Å². The molecule has 0 spiro atoms. The average molecular weight is 316 g/mol. The van der Waals surface area contributed by atoms with E-state index in [2.05, 4.69) is 26.0 Å². The van der Waals surface area contributed by atoms with Crippen molar-refractivity contribution in [2.45, 2.75) is 26.4 Å². The summed E-state index contributed by atoms with van der Waals surface area (Å²) in [5.41, 5.74) is 1.94. The first kappa shape index (κ1) is 12.7. The predicted octanol–water partition coefficient (Wildman–Crippen LogP) is 2.53. The summed E-state index contributed by atoms with van der Waals surface area (Å²) >= 11 is 5.03. The third kappa shape index (κ3) is 2.59. The number of aliphatic hydroxyl groups excluding tert-OH is 1. The zero-order chi connectivity index (χ0) is 12.6. The van der Waals surface area contributed by atoms with Crippen molar-refractivity contribution >= 4 is 27.3 Å². The smallest absolute Gasteiger partial charge is 0.0953 e. The van der Waals surface area contributed by atoms with Gasteiger partial charge in [0.05, 0.1) is 31.8 Å². The first-order valence-corrected chi connectivity index (χ1v) is 6.88. The van der Waals surface area contributed by atoms with Gasteiger partial charge in [-0.05, 0) is 29.8 Å². The van der Waals surface area contributed by atoms with Gasteiger partial charge in [0.15, 0.2) is 0 Å². The van der Waals surface area contributed by atoms with Crippen LogP contribution in [0.15, 0.2) is 10.7 Å². The largest absolute Gasteiger partial charge is 0.387 e. The molecule has 0 fully saturated rings. The number of hydrogen-bond acceptors (Lipinski definition) is 4. The van der Waals surface area contributed by atoms with Crippen LogP contribution in [0.25, 0.3) is 0 Å². The van der Waals surface area contributed by atoms with Gasteiger partial charge in [-0.15, -0.1) is 11.3 Å². The lowest BCUT2D eigenvalue weighted by Gasteiger charge is -2.08. The van der Waals surface area contributed by atoms with E-state index in [0.717, 1.165) is 25.7 Å². The Morgan fingerprint density at radius 3 is 2.71 bits per heavy atom. The number of halogens is 1. The lowest BCUT2D eigenvalue weighted by atomic mass is 10.1. The Morgan fingerprint density at radius 1 is 1.53 bits per heavy atom. The molecule has 2 heterocycles. The van der Waals surface area contributed by atoms with Crippen molar-refractivity contribution in [1.29, 1.82) is 0 Å². The van der Waals surface area contributed by atoms with Gasteiger partial charge in [0.2, 0.25) is 0 Å². The lowest BCUT2D eigenvalue weighted by molar-refractivity contribution is 0.179. The van der Waals surface area contributed by atoms with Gasteiger partial charge in [0.25, 0.3) is 0 Å². The van der Waals surface area contributed by atoms with Gasteiger partial charge in [-0.3, -0.25) is 4.68 Å². The van der Waals surface area contributed by atoms with Crippen LogP contribution in [0.3, 0.4) is 0 Å². The Kier molecular flexibility index (Phi) is 3.65. The Morgan fingerprint density at radius 2 is 2.24 bits per heavy atom. The molecule has 0 aliphatic rings. The first-order valence-electron chi connectivity index (χ1n) is 5.27. The SMILES string of the molecule is Cc1ncc(C(O)Cc2c(Br)c(C)nn2C)s1. The number of rotatable bonds is 3. The van der Waals surface area contributed by atoms with Gasteiger partial charge in [-0.1, -0.05) is 0 Å². The highest BCUT2D eigenvalue weighted by molar-refractivity contribution is 9.10. The average Bonchev–Trinajstić information content (AvgIpc) is 2.79. The minimum atomic E-state index is -0.521. The molecular formula is C11H14BrN3OS. The zero-order valence-corrected chi connectivity index (χ0v) is 12.3. The van der Waals surface area contributed by atoms with Crippen molar-refractivity contribution in [3.05, 3.63) is 31.9 Å². The normalized spacial score (nSPS) is 13.0. The molecular weight excluding hydrogens is 302 g/mol. The number of nitrogens with zero attached hydrogens (tertiary/aromatic N) is 3. The second-order valence-corrected chi connectivity index (χ2v) is 6.03. The van der Waals surface area contributed by atoms with E-state index in [0.29, 0.717) is 6.42 Å². The van der Waals surface area contributed by atoms with Gasteiger partial charge in [-0.25, -0.2) is 4.98 Å². The molecule has 1 N–H and O–H groups in total. The summed E-state index contributed by atoms with van der Waals surface area (Å²) in [5, 5.41) is 15.4. The third-order valence-electron chi connectivity index (χ3n) is 2.62. The molecule has 0 bridgehead atoms. The molecule has 0 radical (unpaired) electrons. The van der Waals surface area contributed by atoms with Gasteiger partial charge in [0.1, 0.15) is 0 Å². The second kappa shape index (κ2) is 4.88. The van der Waals surface area contributed by atoms with Crippen molar-refractivity contribution in [3.8, 4) is 0 Å². The summed E-state index contributed by atoms with van der Waals surface area (Å²) in [6.45, 7) is 3.88. The highest BCUT2D eigenvalue weighted by atomic mass is 79.9. The molecule has 2 rings (SSSR count). The summed E-state index contributed by atoms with van der Waals surface area (Å²) in [4.78, 5) is 5.05. The number of thiazole rings is 1. The van der Waals surface area contributed by atoms with Gasteiger partial charge in [0, 0.05) is 19.7 Å².